The van der Waals surface area contributed by atoms with Crippen LogP contribution in [0.1, 0.15) is 27.5 Å². The summed E-state index contributed by atoms with van der Waals surface area (Å²) in [5, 5.41) is 12.2. The first kappa shape index (κ1) is 19.1. The average molecular weight is 411 g/mol. The van der Waals surface area contributed by atoms with Crippen molar-refractivity contribution in [3.05, 3.63) is 77.3 Å². The van der Waals surface area contributed by atoms with Crippen molar-refractivity contribution in [3.63, 3.8) is 0 Å². The molecule has 0 N–H and O–H groups in total. The molecule has 0 fully saturated rings. The summed E-state index contributed by atoms with van der Waals surface area (Å²) in [4.78, 5) is 12.8. The summed E-state index contributed by atoms with van der Waals surface area (Å²) in [7, 11) is 0. The van der Waals surface area contributed by atoms with Crippen molar-refractivity contribution in [2.75, 3.05) is 5.75 Å². The predicted molar refractivity (Wildman–Crippen MR) is 106 cm³/mol. The van der Waals surface area contributed by atoms with Crippen LogP contribution in [0.25, 0.3) is 5.69 Å². The van der Waals surface area contributed by atoms with Gasteiger partial charge < -0.3 is 8.98 Å². The first-order valence-electron chi connectivity index (χ1n) is 8.92. The molecule has 0 saturated heterocycles. The number of ketones is 1. The Kier molecular flexibility index (Phi) is 5.30. The Morgan fingerprint density at radius 2 is 2.07 bits per heavy atom. The van der Waals surface area contributed by atoms with Gasteiger partial charge in [0.15, 0.2) is 5.78 Å². The first-order valence-corrected chi connectivity index (χ1v) is 9.91. The second-order valence-electron chi connectivity index (χ2n) is 6.51. The molecule has 0 aliphatic rings. The quantitative estimate of drug-likeness (QED) is 0.340. The maximum absolute atomic E-state index is 13.6. The summed E-state index contributed by atoms with van der Waals surface area (Å²) in [6.45, 7) is 4.15. The number of halogens is 1. The molecule has 0 atom stereocenters. The number of rotatable bonds is 7. The molecule has 9 heteroatoms. The predicted octanol–water partition coefficient (Wildman–Crippen LogP) is 3.84. The van der Waals surface area contributed by atoms with Crippen LogP contribution >= 0.6 is 11.8 Å². The lowest BCUT2D eigenvalue weighted by atomic mass is 10.2. The Morgan fingerprint density at radius 3 is 2.83 bits per heavy atom. The molecule has 3 aromatic heterocycles. The number of nitrogens with zero attached hydrogens (tertiary/aromatic N) is 5. The number of carbonyl (C=O) groups is 1. The maximum atomic E-state index is 13.6. The number of tetrazole rings is 1. The summed E-state index contributed by atoms with van der Waals surface area (Å²) in [6, 6.07) is 11.8. The van der Waals surface area contributed by atoms with Crippen molar-refractivity contribution in [3.8, 4) is 5.69 Å². The Balaban J connectivity index is 1.50. The standard InChI is InChI=1S/C20H18FN5O2S/c1-13-9-18(14(2)26(13)16-6-3-5-15(21)10-16)19(27)12-29-20-22-23-24-25(20)11-17-7-4-8-28-17/h3-10H,11-12H2,1-2H3. The van der Waals surface area contributed by atoms with Gasteiger partial charge in [-0.15, -0.1) is 5.10 Å². The molecule has 0 amide bonds. The van der Waals surface area contributed by atoms with Gasteiger partial charge >= 0.3 is 0 Å². The van der Waals surface area contributed by atoms with Crippen LogP contribution in [0.4, 0.5) is 4.39 Å². The molecule has 4 aromatic rings. The molecule has 4 rings (SSSR count). The highest BCUT2D eigenvalue weighted by atomic mass is 32.2. The monoisotopic (exact) mass is 411 g/mol. The Hall–Kier alpha value is -3.20. The minimum absolute atomic E-state index is 0.0432. The van der Waals surface area contributed by atoms with Crippen molar-refractivity contribution < 1.29 is 13.6 Å². The van der Waals surface area contributed by atoms with E-state index >= 15 is 0 Å². The average Bonchev–Trinajstić information content (AvgIpc) is 3.42. The fourth-order valence-electron chi connectivity index (χ4n) is 3.21. The third kappa shape index (κ3) is 4.00. The van der Waals surface area contributed by atoms with Crippen LogP contribution in [0.3, 0.4) is 0 Å². The molecule has 3 heterocycles. The molecule has 7 nitrogen and oxygen atoms in total. The minimum Gasteiger partial charge on any atom is -0.467 e. The number of aromatic nitrogens is 5. The van der Waals surface area contributed by atoms with Gasteiger partial charge in [-0.3, -0.25) is 4.79 Å². The lowest BCUT2D eigenvalue weighted by Gasteiger charge is -2.10. The van der Waals surface area contributed by atoms with Crippen LogP contribution in [0.15, 0.2) is 58.3 Å². The summed E-state index contributed by atoms with van der Waals surface area (Å²) in [5.74, 6) is 0.552. The molecule has 148 valence electrons. The Morgan fingerprint density at radius 1 is 1.21 bits per heavy atom. The molecular weight excluding hydrogens is 393 g/mol. The molecule has 0 saturated carbocycles. The number of furan rings is 1. The number of benzene rings is 1. The highest BCUT2D eigenvalue weighted by molar-refractivity contribution is 7.99. The molecule has 1 aromatic carbocycles. The lowest BCUT2D eigenvalue weighted by molar-refractivity contribution is 0.102. The van der Waals surface area contributed by atoms with Crippen LogP contribution in [-0.2, 0) is 6.54 Å². The number of hydrogen-bond acceptors (Lipinski definition) is 6. The zero-order valence-corrected chi connectivity index (χ0v) is 16.7. The summed E-state index contributed by atoms with van der Waals surface area (Å²) < 4.78 is 22.4. The fraction of sp³-hybridized carbons (Fsp3) is 0.200. The third-order valence-corrected chi connectivity index (χ3v) is 5.47. The van der Waals surface area contributed by atoms with E-state index in [0.29, 0.717) is 23.0 Å². The molecule has 0 unspecified atom stereocenters. The van der Waals surface area contributed by atoms with Crippen molar-refractivity contribution in [1.82, 2.24) is 24.8 Å². The van der Waals surface area contributed by atoms with Crippen LogP contribution < -0.4 is 0 Å². The number of thioether (sulfide) groups is 1. The van der Waals surface area contributed by atoms with E-state index in [1.165, 1.54) is 23.9 Å². The molecule has 0 bridgehead atoms. The van der Waals surface area contributed by atoms with E-state index in [4.69, 9.17) is 4.42 Å². The van der Waals surface area contributed by atoms with Crippen molar-refractivity contribution >= 4 is 17.5 Å². The van der Waals surface area contributed by atoms with E-state index in [2.05, 4.69) is 15.5 Å². The van der Waals surface area contributed by atoms with E-state index in [1.54, 1.807) is 23.1 Å². The van der Waals surface area contributed by atoms with E-state index in [-0.39, 0.29) is 17.4 Å². The molecule has 0 spiro atoms. The van der Waals surface area contributed by atoms with Crippen LogP contribution in [0.5, 0.6) is 0 Å². The van der Waals surface area contributed by atoms with Gasteiger partial charge in [0.05, 0.1) is 12.0 Å². The van der Waals surface area contributed by atoms with Gasteiger partial charge in [0.25, 0.3) is 0 Å². The van der Waals surface area contributed by atoms with E-state index in [0.717, 1.165) is 17.1 Å². The van der Waals surface area contributed by atoms with Gasteiger partial charge in [-0.1, -0.05) is 17.8 Å². The van der Waals surface area contributed by atoms with Gasteiger partial charge in [0.2, 0.25) is 5.16 Å². The van der Waals surface area contributed by atoms with Crippen LogP contribution in [0.2, 0.25) is 0 Å². The molecule has 0 radical (unpaired) electrons. The highest BCUT2D eigenvalue weighted by Crippen LogP contribution is 2.24. The lowest BCUT2D eigenvalue weighted by Crippen LogP contribution is -2.08. The topological polar surface area (TPSA) is 78.7 Å². The van der Waals surface area contributed by atoms with Crippen LogP contribution in [0, 0.1) is 19.7 Å². The number of aryl methyl sites for hydroxylation is 1. The fourth-order valence-corrected chi connectivity index (χ4v) is 3.97. The molecule has 0 aliphatic carbocycles. The van der Waals surface area contributed by atoms with Crippen molar-refractivity contribution in [1.29, 1.82) is 0 Å². The second kappa shape index (κ2) is 8.04. The zero-order chi connectivity index (χ0) is 20.4. The second-order valence-corrected chi connectivity index (χ2v) is 7.45. The number of hydrogen-bond donors (Lipinski definition) is 0. The van der Waals surface area contributed by atoms with Gasteiger partial charge in [-0.25, -0.2) is 9.07 Å². The highest BCUT2D eigenvalue weighted by Gasteiger charge is 2.19. The smallest absolute Gasteiger partial charge is 0.210 e. The van der Waals surface area contributed by atoms with Crippen molar-refractivity contribution in [2.45, 2.75) is 25.5 Å². The Bertz CT molecular complexity index is 1150. The number of carbonyl (C=O) groups excluding carboxylic acids is 1. The summed E-state index contributed by atoms with van der Waals surface area (Å²) in [6.07, 6.45) is 1.59. The molecule has 0 aliphatic heterocycles. The summed E-state index contributed by atoms with van der Waals surface area (Å²) >= 11 is 1.27. The van der Waals surface area contributed by atoms with Crippen LogP contribution in [-0.4, -0.2) is 36.3 Å². The van der Waals surface area contributed by atoms with Gasteiger partial charge in [-0.2, -0.15) is 0 Å². The first-order chi connectivity index (χ1) is 14.0. The van der Waals surface area contributed by atoms with E-state index in [1.807, 2.05) is 36.6 Å². The number of Topliss-reactive ketones (excluding diaryl/α,β-unsaturated/α-hetero) is 1. The molecule has 29 heavy (non-hydrogen) atoms. The summed E-state index contributed by atoms with van der Waals surface area (Å²) in [5.41, 5.74) is 2.93. The minimum atomic E-state index is -0.318. The van der Waals surface area contributed by atoms with Gasteiger partial charge in [0, 0.05) is 22.6 Å². The third-order valence-electron chi connectivity index (χ3n) is 4.52. The largest absolute Gasteiger partial charge is 0.467 e. The maximum Gasteiger partial charge on any atom is 0.210 e. The molecular formula is C20H18FN5O2S. The SMILES string of the molecule is Cc1cc(C(=O)CSc2nnnn2Cc2ccco2)c(C)n1-c1cccc(F)c1. The zero-order valence-electron chi connectivity index (χ0n) is 15.9. The van der Waals surface area contributed by atoms with Crippen molar-refractivity contribution in [2.24, 2.45) is 0 Å². The Labute approximate surface area is 170 Å². The normalized spacial score (nSPS) is 11.1. The van der Waals surface area contributed by atoms with Gasteiger partial charge in [0.1, 0.15) is 18.1 Å². The van der Waals surface area contributed by atoms with Gasteiger partial charge in [-0.05, 0) is 60.7 Å². The van der Waals surface area contributed by atoms with E-state index < -0.39 is 0 Å². The van der Waals surface area contributed by atoms with E-state index in [9.17, 15) is 9.18 Å².